The highest BCUT2D eigenvalue weighted by molar-refractivity contribution is 6.25. The molecule has 0 radical (unpaired) electrons. The summed E-state index contributed by atoms with van der Waals surface area (Å²) >= 11 is 0. The van der Waals surface area contributed by atoms with Crippen LogP contribution in [0.3, 0.4) is 0 Å². The second-order valence-electron chi connectivity index (χ2n) is 8.22. The van der Waals surface area contributed by atoms with Crippen LogP contribution in [0.5, 0.6) is 0 Å². The quantitative estimate of drug-likeness (QED) is 0.249. The average molecular weight is 447 g/mol. The van der Waals surface area contributed by atoms with Crippen molar-refractivity contribution < 1.29 is 9.63 Å². The third-order valence-electron chi connectivity index (χ3n) is 6.01. The van der Waals surface area contributed by atoms with E-state index in [4.69, 9.17) is 4.84 Å². The van der Waals surface area contributed by atoms with Crippen LogP contribution in [0.4, 0.5) is 0 Å². The van der Waals surface area contributed by atoms with Crippen molar-refractivity contribution in [2.45, 2.75) is 33.1 Å². The Hall–Kier alpha value is -4.23. The maximum absolute atomic E-state index is 11.9. The zero-order chi connectivity index (χ0) is 23.9. The Balaban J connectivity index is 1.85. The van der Waals surface area contributed by atoms with Gasteiger partial charge in [0, 0.05) is 18.4 Å². The van der Waals surface area contributed by atoms with E-state index in [0.29, 0.717) is 24.1 Å². The third-order valence-corrected chi connectivity index (χ3v) is 6.01. The minimum atomic E-state index is -0.371. The molecule has 0 heterocycles. The Bertz CT molecular complexity index is 1360. The van der Waals surface area contributed by atoms with Crippen LogP contribution in [0.15, 0.2) is 90.1 Å². The maximum atomic E-state index is 11.9. The van der Waals surface area contributed by atoms with Gasteiger partial charge in [0.25, 0.3) is 0 Å². The minimum Gasteiger partial charge on any atom is -0.318 e. The van der Waals surface area contributed by atoms with Gasteiger partial charge in [0.15, 0.2) is 0 Å². The monoisotopic (exact) mass is 446 g/mol. The molecular weight excluding hydrogens is 420 g/mol. The number of aryl methyl sites for hydroxylation is 1. The summed E-state index contributed by atoms with van der Waals surface area (Å²) in [6, 6.07) is 26.3. The van der Waals surface area contributed by atoms with Crippen LogP contribution in [0.25, 0.3) is 11.1 Å². The number of allylic oxidation sites excluding steroid dienone is 4. The van der Waals surface area contributed by atoms with Crippen molar-refractivity contribution in [3.05, 3.63) is 118 Å². The van der Waals surface area contributed by atoms with E-state index in [-0.39, 0.29) is 12.4 Å². The van der Waals surface area contributed by atoms with Gasteiger partial charge in [0.1, 0.15) is 0 Å². The molecule has 0 aliphatic heterocycles. The van der Waals surface area contributed by atoms with E-state index in [1.807, 2.05) is 54.6 Å². The molecule has 4 rings (SSSR count). The molecule has 34 heavy (non-hydrogen) atoms. The van der Waals surface area contributed by atoms with Crippen LogP contribution in [-0.2, 0) is 22.5 Å². The molecule has 0 atom stereocenters. The van der Waals surface area contributed by atoms with Gasteiger partial charge in [-0.15, -0.1) is 0 Å². The summed E-state index contributed by atoms with van der Waals surface area (Å²) < 4.78 is 0. The number of nitriles is 1. The third kappa shape index (κ3) is 5.05. The number of carbonyl (C=O) groups is 1. The van der Waals surface area contributed by atoms with E-state index in [1.165, 1.54) is 0 Å². The van der Waals surface area contributed by atoms with E-state index in [2.05, 4.69) is 48.5 Å². The first-order chi connectivity index (χ1) is 16.6. The summed E-state index contributed by atoms with van der Waals surface area (Å²) in [6.07, 6.45) is 5.56. The van der Waals surface area contributed by atoms with Crippen molar-refractivity contribution in [2.24, 2.45) is 5.16 Å². The predicted octanol–water partition coefficient (Wildman–Crippen LogP) is 6.44. The second-order valence-corrected chi connectivity index (χ2v) is 8.22. The van der Waals surface area contributed by atoms with Crippen LogP contribution in [0, 0.1) is 18.3 Å². The molecule has 4 nitrogen and oxygen atoms in total. The van der Waals surface area contributed by atoms with Crippen LogP contribution >= 0.6 is 0 Å². The Morgan fingerprint density at radius 1 is 0.971 bits per heavy atom. The van der Waals surface area contributed by atoms with Gasteiger partial charge in [-0.3, -0.25) is 0 Å². The average Bonchev–Trinajstić information content (AvgIpc) is 3.07. The van der Waals surface area contributed by atoms with Crippen molar-refractivity contribution in [1.29, 1.82) is 5.26 Å². The molecule has 0 unspecified atom stereocenters. The van der Waals surface area contributed by atoms with Crippen LogP contribution in [0.1, 0.15) is 46.7 Å². The normalized spacial score (nSPS) is 13.1. The first-order valence-corrected chi connectivity index (χ1v) is 11.4. The number of nitrogens with zero attached hydrogens (tertiary/aromatic N) is 2. The summed E-state index contributed by atoms with van der Waals surface area (Å²) in [7, 11) is 0. The van der Waals surface area contributed by atoms with E-state index >= 15 is 0 Å². The molecule has 0 saturated carbocycles. The molecule has 1 aliphatic carbocycles. The smallest absolute Gasteiger partial charge is 0.318 e. The molecule has 168 valence electrons. The summed E-state index contributed by atoms with van der Waals surface area (Å²) in [6.45, 7) is 3.82. The molecule has 0 spiro atoms. The van der Waals surface area contributed by atoms with Crippen LogP contribution < -0.4 is 0 Å². The van der Waals surface area contributed by atoms with Crippen molar-refractivity contribution in [2.75, 3.05) is 0 Å². The number of rotatable bonds is 6. The number of oxime groups is 1. The van der Waals surface area contributed by atoms with Gasteiger partial charge in [-0.2, -0.15) is 5.26 Å². The Morgan fingerprint density at radius 2 is 1.68 bits per heavy atom. The SMILES string of the molecule is CCC(=O)O/N=C(\Cc1ccccc1C)C1=CC=C(c2ccccc2C#N)Cc2ccccc21. The summed E-state index contributed by atoms with van der Waals surface area (Å²) in [5.74, 6) is -0.371. The highest BCUT2D eigenvalue weighted by atomic mass is 16.7. The lowest BCUT2D eigenvalue weighted by Gasteiger charge is -2.15. The Labute approximate surface area is 200 Å². The number of benzene rings is 3. The number of carbonyl (C=O) groups excluding carboxylic acids is 1. The van der Waals surface area contributed by atoms with Crippen molar-refractivity contribution in [3.63, 3.8) is 0 Å². The molecule has 0 amide bonds. The summed E-state index contributed by atoms with van der Waals surface area (Å²) in [5, 5.41) is 14.0. The lowest BCUT2D eigenvalue weighted by molar-refractivity contribution is -0.143. The predicted molar refractivity (Wildman–Crippen MR) is 136 cm³/mol. The Kier molecular flexibility index (Phi) is 7.15. The molecule has 3 aromatic carbocycles. The molecule has 1 aliphatic rings. The van der Waals surface area contributed by atoms with Gasteiger partial charge in [-0.05, 0) is 52.8 Å². The standard InChI is InChI=1S/C30H26N2O2/c1-3-30(33)34-32-29(19-22-11-5-4-10-21(22)2)28-17-16-24(18-23-12-6-9-15-27(23)28)26-14-8-7-13-25(26)20-31/h4-17H,3,18-19H2,1-2H3/b32-29+. The van der Waals surface area contributed by atoms with Gasteiger partial charge in [0.2, 0.25) is 0 Å². The number of hydrogen-bond acceptors (Lipinski definition) is 4. The van der Waals surface area contributed by atoms with Crippen molar-refractivity contribution in [3.8, 4) is 6.07 Å². The van der Waals surface area contributed by atoms with Crippen LogP contribution in [-0.4, -0.2) is 11.7 Å². The van der Waals surface area contributed by atoms with Gasteiger partial charge in [-0.1, -0.05) is 91.0 Å². The molecule has 0 fully saturated rings. The van der Waals surface area contributed by atoms with E-state index in [9.17, 15) is 10.1 Å². The van der Waals surface area contributed by atoms with Gasteiger partial charge in [0.05, 0.1) is 17.3 Å². The zero-order valence-electron chi connectivity index (χ0n) is 19.4. The number of hydrogen-bond donors (Lipinski definition) is 0. The minimum absolute atomic E-state index is 0.256. The van der Waals surface area contributed by atoms with Gasteiger partial charge < -0.3 is 4.84 Å². The molecule has 0 aromatic heterocycles. The first kappa shape index (κ1) is 22.9. The molecular formula is C30H26N2O2. The fourth-order valence-electron chi connectivity index (χ4n) is 4.11. The summed E-state index contributed by atoms with van der Waals surface area (Å²) in [4.78, 5) is 17.2. The lowest BCUT2D eigenvalue weighted by atomic mass is 9.90. The molecule has 3 aromatic rings. The summed E-state index contributed by atoms with van der Waals surface area (Å²) in [5.41, 5.74) is 8.67. The van der Waals surface area contributed by atoms with E-state index in [1.54, 1.807) is 6.92 Å². The molecule has 4 heteroatoms. The highest BCUT2D eigenvalue weighted by Crippen LogP contribution is 2.32. The Morgan fingerprint density at radius 3 is 2.44 bits per heavy atom. The molecule has 0 N–H and O–H groups in total. The van der Waals surface area contributed by atoms with Crippen LogP contribution in [0.2, 0.25) is 0 Å². The fraction of sp³-hybridized carbons (Fsp3) is 0.167. The molecule has 0 bridgehead atoms. The van der Waals surface area contributed by atoms with E-state index in [0.717, 1.165) is 39.0 Å². The maximum Gasteiger partial charge on any atom is 0.334 e. The highest BCUT2D eigenvalue weighted by Gasteiger charge is 2.20. The fourth-order valence-corrected chi connectivity index (χ4v) is 4.11. The van der Waals surface area contributed by atoms with Gasteiger partial charge >= 0.3 is 5.97 Å². The zero-order valence-corrected chi connectivity index (χ0v) is 19.4. The second kappa shape index (κ2) is 10.6. The lowest BCUT2D eigenvalue weighted by Crippen LogP contribution is -2.11. The molecule has 0 saturated heterocycles. The topological polar surface area (TPSA) is 62.4 Å². The van der Waals surface area contributed by atoms with Gasteiger partial charge in [-0.25, -0.2) is 4.79 Å². The van der Waals surface area contributed by atoms with Crippen molar-refractivity contribution in [1.82, 2.24) is 0 Å². The van der Waals surface area contributed by atoms with E-state index < -0.39 is 0 Å². The largest absolute Gasteiger partial charge is 0.334 e. The first-order valence-electron chi connectivity index (χ1n) is 11.4. The number of fused-ring (bicyclic) bond motifs is 1. The van der Waals surface area contributed by atoms with Crippen molar-refractivity contribution >= 4 is 22.8 Å².